The van der Waals surface area contributed by atoms with Gasteiger partial charge in [-0.15, -0.1) is 11.3 Å². The van der Waals surface area contributed by atoms with E-state index in [1.165, 1.54) is 11.3 Å². The summed E-state index contributed by atoms with van der Waals surface area (Å²) in [5, 5.41) is 3.04. The molecule has 0 radical (unpaired) electrons. The molecular weight excluding hydrogens is 264 g/mol. The van der Waals surface area contributed by atoms with Crippen LogP contribution in [0.5, 0.6) is 0 Å². The van der Waals surface area contributed by atoms with Gasteiger partial charge in [0.15, 0.2) is 3.95 Å². The van der Waals surface area contributed by atoms with Gasteiger partial charge in [0.2, 0.25) is 5.91 Å². The summed E-state index contributed by atoms with van der Waals surface area (Å²) < 4.78 is 0.739. The first kappa shape index (κ1) is 15.4. The molecule has 0 saturated carbocycles. The second-order valence-electron chi connectivity index (χ2n) is 5.18. The fraction of sp³-hybridized carbons (Fsp3) is 0.692. The molecule has 1 amide bonds. The summed E-state index contributed by atoms with van der Waals surface area (Å²) in [6, 6.07) is 0.243. The molecule has 1 unspecified atom stereocenters. The molecule has 5 heteroatoms. The average molecular weight is 286 g/mol. The minimum absolute atomic E-state index is 0.0830. The summed E-state index contributed by atoms with van der Waals surface area (Å²) in [6.07, 6.45) is 2.60. The van der Waals surface area contributed by atoms with E-state index in [1.807, 2.05) is 6.92 Å². The van der Waals surface area contributed by atoms with E-state index in [4.69, 9.17) is 12.2 Å². The smallest absolute Gasteiger partial charge is 0.225 e. The molecule has 1 aromatic heterocycles. The van der Waals surface area contributed by atoms with Crippen molar-refractivity contribution in [3.05, 3.63) is 14.5 Å². The van der Waals surface area contributed by atoms with E-state index in [-0.39, 0.29) is 11.9 Å². The minimum Gasteiger partial charge on any atom is -0.353 e. The van der Waals surface area contributed by atoms with Crippen LogP contribution in [0.1, 0.15) is 44.2 Å². The number of amides is 1. The van der Waals surface area contributed by atoms with Crippen LogP contribution in [0.4, 0.5) is 0 Å². The summed E-state index contributed by atoms with van der Waals surface area (Å²) in [6.45, 7) is 8.41. The Bertz CT molecular complexity index is 448. The fourth-order valence-electron chi connectivity index (χ4n) is 1.73. The van der Waals surface area contributed by atoms with E-state index in [1.54, 1.807) is 0 Å². The van der Waals surface area contributed by atoms with Crippen molar-refractivity contribution in [2.75, 3.05) is 0 Å². The van der Waals surface area contributed by atoms with Gasteiger partial charge >= 0.3 is 0 Å². The normalized spacial score (nSPS) is 12.7. The molecule has 102 valence electrons. The third-order valence-corrected chi connectivity index (χ3v) is 4.17. The van der Waals surface area contributed by atoms with Gasteiger partial charge in [-0.1, -0.05) is 13.8 Å². The zero-order valence-corrected chi connectivity index (χ0v) is 13.1. The lowest BCUT2D eigenvalue weighted by molar-refractivity contribution is -0.121. The van der Waals surface area contributed by atoms with E-state index in [0.717, 1.165) is 27.4 Å². The Hall–Kier alpha value is -0.680. The first-order valence-corrected chi connectivity index (χ1v) is 7.59. The maximum Gasteiger partial charge on any atom is 0.225 e. The second kappa shape index (κ2) is 7.04. The number of hydrogen-bond acceptors (Lipinski definition) is 3. The Labute approximate surface area is 118 Å². The first-order valence-electron chi connectivity index (χ1n) is 6.36. The van der Waals surface area contributed by atoms with Crippen LogP contribution in [0.25, 0.3) is 0 Å². The predicted molar refractivity (Wildman–Crippen MR) is 79.6 cm³/mol. The lowest BCUT2D eigenvalue weighted by atomic mass is 10.0. The van der Waals surface area contributed by atoms with Crippen LogP contribution < -0.4 is 5.32 Å². The number of carbonyl (C=O) groups is 1. The van der Waals surface area contributed by atoms with Gasteiger partial charge in [0.1, 0.15) is 0 Å². The summed E-state index contributed by atoms with van der Waals surface area (Å²) >= 11 is 6.55. The van der Waals surface area contributed by atoms with Gasteiger partial charge in [0.05, 0.1) is 6.42 Å². The molecule has 1 rings (SSSR count). The van der Waals surface area contributed by atoms with Gasteiger partial charge in [0.25, 0.3) is 0 Å². The number of rotatable bonds is 6. The number of hydrogen-bond donors (Lipinski definition) is 2. The second-order valence-corrected chi connectivity index (χ2v) is 6.95. The van der Waals surface area contributed by atoms with Gasteiger partial charge in [-0.25, -0.2) is 0 Å². The third kappa shape index (κ3) is 5.31. The van der Waals surface area contributed by atoms with Crippen molar-refractivity contribution in [2.24, 2.45) is 5.92 Å². The molecule has 0 spiro atoms. The minimum atomic E-state index is 0.0830. The highest BCUT2D eigenvalue weighted by Gasteiger charge is 2.11. The average Bonchev–Trinajstić information content (AvgIpc) is 2.54. The van der Waals surface area contributed by atoms with Gasteiger partial charge in [0, 0.05) is 16.6 Å². The Morgan fingerprint density at radius 1 is 1.39 bits per heavy atom. The van der Waals surface area contributed by atoms with Gasteiger partial charge < -0.3 is 10.3 Å². The molecule has 0 bridgehead atoms. The van der Waals surface area contributed by atoms with E-state index < -0.39 is 0 Å². The number of carbonyl (C=O) groups excluding carboxylic acids is 1. The number of aryl methyl sites for hydroxylation is 1. The van der Waals surface area contributed by atoms with Crippen LogP contribution >= 0.6 is 23.6 Å². The lowest BCUT2D eigenvalue weighted by Crippen LogP contribution is -2.33. The standard InChI is InChI=1S/C13H22N2OS2/c1-8(2)5-6-9(3)14-12(16)7-11-10(4)15-13(17)18-11/h8-9H,5-7H2,1-4H3,(H,14,16)(H,15,17). The SMILES string of the molecule is Cc1[nH]c(=S)sc1CC(=O)NC(C)CCC(C)C. The van der Waals surface area contributed by atoms with E-state index in [0.29, 0.717) is 12.3 Å². The molecule has 0 saturated heterocycles. The van der Waals surface area contributed by atoms with Crippen LogP contribution in [0.2, 0.25) is 0 Å². The number of thiazole rings is 1. The molecule has 0 aliphatic carbocycles. The molecule has 1 aromatic rings. The van der Waals surface area contributed by atoms with Crippen molar-refractivity contribution in [1.82, 2.24) is 10.3 Å². The largest absolute Gasteiger partial charge is 0.353 e. The first-order chi connectivity index (χ1) is 8.38. The number of H-pyrrole nitrogens is 1. The maximum atomic E-state index is 11.9. The lowest BCUT2D eigenvalue weighted by Gasteiger charge is -2.14. The van der Waals surface area contributed by atoms with Crippen molar-refractivity contribution < 1.29 is 4.79 Å². The molecule has 2 N–H and O–H groups in total. The van der Waals surface area contributed by atoms with Crippen LogP contribution in [-0.4, -0.2) is 16.9 Å². The predicted octanol–water partition coefficient (Wildman–Crippen LogP) is 3.60. The zero-order chi connectivity index (χ0) is 13.7. The van der Waals surface area contributed by atoms with Crippen molar-refractivity contribution >= 4 is 29.5 Å². The van der Waals surface area contributed by atoms with Gasteiger partial charge in [-0.05, 0) is 44.8 Å². The summed E-state index contributed by atoms with van der Waals surface area (Å²) in [5.74, 6) is 0.765. The zero-order valence-electron chi connectivity index (χ0n) is 11.5. The highest BCUT2D eigenvalue weighted by atomic mass is 32.1. The molecule has 1 atom stereocenters. The Kier molecular flexibility index (Phi) is 6.02. The molecule has 1 heterocycles. The molecule has 0 aromatic carbocycles. The van der Waals surface area contributed by atoms with Gasteiger partial charge in [-0.2, -0.15) is 0 Å². The molecule has 3 nitrogen and oxygen atoms in total. The summed E-state index contributed by atoms with van der Waals surface area (Å²) in [5.41, 5.74) is 1.01. The van der Waals surface area contributed by atoms with Crippen LogP contribution in [0.3, 0.4) is 0 Å². The van der Waals surface area contributed by atoms with Crippen molar-refractivity contribution in [1.29, 1.82) is 0 Å². The Morgan fingerprint density at radius 2 is 2.06 bits per heavy atom. The third-order valence-electron chi connectivity index (χ3n) is 2.83. The highest BCUT2D eigenvalue weighted by Crippen LogP contribution is 2.15. The topological polar surface area (TPSA) is 44.9 Å². The number of aromatic nitrogens is 1. The molecular formula is C13H22N2OS2. The fourth-order valence-corrected chi connectivity index (χ4v) is 3.02. The van der Waals surface area contributed by atoms with E-state index >= 15 is 0 Å². The van der Waals surface area contributed by atoms with Crippen LogP contribution in [-0.2, 0) is 11.2 Å². The number of nitrogens with one attached hydrogen (secondary N) is 2. The quantitative estimate of drug-likeness (QED) is 0.785. The van der Waals surface area contributed by atoms with Crippen molar-refractivity contribution in [2.45, 2.75) is 53.0 Å². The van der Waals surface area contributed by atoms with Crippen LogP contribution in [0, 0.1) is 16.8 Å². The van der Waals surface area contributed by atoms with Crippen LogP contribution in [0.15, 0.2) is 0 Å². The Morgan fingerprint density at radius 3 is 2.56 bits per heavy atom. The van der Waals surface area contributed by atoms with Gasteiger partial charge in [-0.3, -0.25) is 4.79 Å². The summed E-state index contributed by atoms with van der Waals surface area (Å²) in [7, 11) is 0. The number of aromatic amines is 1. The molecule has 0 fully saturated rings. The maximum absolute atomic E-state index is 11.9. The van der Waals surface area contributed by atoms with E-state index in [9.17, 15) is 4.79 Å². The summed E-state index contributed by atoms with van der Waals surface area (Å²) in [4.78, 5) is 16.0. The molecule has 0 aliphatic rings. The molecule has 18 heavy (non-hydrogen) atoms. The monoisotopic (exact) mass is 286 g/mol. The van der Waals surface area contributed by atoms with Crippen molar-refractivity contribution in [3.63, 3.8) is 0 Å². The van der Waals surface area contributed by atoms with Crippen molar-refractivity contribution in [3.8, 4) is 0 Å². The van der Waals surface area contributed by atoms with E-state index in [2.05, 4.69) is 31.1 Å². The molecule has 0 aliphatic heterocycles. The highest BCUT2D eigenvalue weighted by molar-refractivity contribution is 7.73. The Balaban J connectivity index is 2.42.